The van der Waals surface area contributed by atoms with Gasteiger partial charge in [-0.25, -0.2) is 12.8 Å². The summed E-state index contributed by atoms with van der Waals surface area (Å²) in [4.78, 5) is 15.3. The van der Waals surface area contributed by atoms with Crippen molar-refractivity contribution in [2.45, 2.75) is 44.0 Å². The first-order valence-corrected chi connectivity index (χ1v) is 13.7. The molecule has 1 aliphatic heterocycles. The van der Waals surface area contributed by atoms with Gasteiger partial charge in [0.05, 0.1) is 16.6 Å². The zero-order valence-corrected chi connectivity index (χ0v) is 21.5. The normalized spacial score (nSPS) is 14.8. The number of benzene rings is 3. The molecule has 3 aromatic rings. The number of hydrogen-bond donors (Lipinski definition) is 1. The van der Waals surface area contributed by atoms with Gasteiger partial charge in [-0.3, -0.25) is 9.10 Å². The second-order valence-corrected chi connectivity index (χ2v) is 11.1. The van der Waals surface area contributed by atoms with Gasteiger partial charge in [-0.1, -0.05) is 29.8 Å². The Balaban J connectivity index is 1.50. The third kappa shape index (κ3) is 6.05. The molecule has 0 aromatic heterocycles. The molecule has 1 N–H and O–H groups in total. The molecule has 1 heterocycles. The summed E-state index contributed by atoms with van der Waals surface area (Å²) in [6.07, 6.45) is 3.67. The highest BCUT2D eigenvalue weighted by Crippen LogP contribution is 2.25. The number of nitrogens with one attached hydrogen (secondary N) is 1. The van der Waals surface area contributed by atoms with Crippen LogP contribution >= 0.6 is 0 Å². The number of amides is 1. The summed E-state index contributed by atoms with van der Waals surface area (Å²) in [5, 5.41) is 2.92. The molecule has 1 saturated heterocycles. The van der Waals surface area contributed by atoms with E-state index in [9.17, 15) is 17.6 Å². The van der Waals surface area contributed by atoms with Crippen molar-refractivity contribution in [3.63, 3.8) is 0 Å². The number of aryl methyl sites for hydroxylation is 1. The van der Waals surface area contributed by atoms with Gasteiger partial charge in [-0.15, -0.1) is 0 Å². The number of sulfonamides is 1. The van der Waals surface area contributed by atoms with Crippen LogP contribution in [0, 0.1) is 12.7 Å². The van der Waals surface area contributed by atoms with Gasteiger partial charge in [-0.05, 0) is 87.2 Å². The SMILES string of the molecule is Cc1ccc(N(CC(=O)NC(C)c2ccc(N3CCCCC3)cc2)S(=O)(=O)c2ccc(F)cc2)cc1. The maximum atomic E-state index is 13.4. The highest BCUT2D eigenvalue weighted by molar-refractivity contribution is 7.92. The van der Waals surface area contributed by atoms with Crippen LogP contribution in [0.4, 0.5) is 15.8 Å². The van der Waals surface area contributed by atoms with Gasteiger partial charge in [0.25, 0.3) is 10.0 Å². The van der Waals surface area contributed by atoms with E-state index in [0.717, 1.165) is 40.7 Å². The largest absolute Gasteiger partial charge is 0.372 e. The molecule has 0 saturated carbocycles. The predicted molar refractivity (Wildman–Crippen MR) is 141 cm³/mol. The fraction of sp³-hybridized carbons (Fsp3) is 0.321. The van der Waals surface area contributed by atoms with Crippen LogP contribution in [-0.2, 0) is 14.8 Å². The quantitative estimate of drug-likeness (QED) is 0.453. The minimum absolute atomic E-state index is 0.0846. The molecule has 0 radical (unpaired) electrons. The maximum Gasteiger partial charge on any atom is 0.264 e. The lowest BCUT2D eigenvalue weighted by Gasteiger charge is -2.29. The van der Waals surface area contributed by atoms with E-state index in [2.05, 4.69) is 22.3 Å². The number of halogens is 1. The minimum Gasteiger partial charge on any atom is -0.372 e. The summed E-state index contributed by atoms with van der Waals surface area (Å²) in [6.45, 7) is 5.48. The van der Waals surface area contributed by atoms with E-state index >= 15 is 0 Å². The molecule has 0 spiro atoms. The summed E-state index contributed by atoms with van der Waals surface area (Å²) in [7, 11) is -4.10. The van der Waals surface area contributed by atoms with Crippen LogP contribution in [0.2, 0.25) is 0 Å². The van der Waals surface area contributed by atoms with Gasteiger partial charge in [0.15, 0.2) is 0 Å². The molecule has 0 bridgehead atoms. The molecule has 0 aliphatic carbocycles. The monoisotopic (exact) mass is 509 g/mol. The molecule has 6 nitrogen and oxygen atoms in total. The Bertz CT molecular complexity index is 1270. The van der Waals surface area contributed by atoms with Crippen molar-refractivity contribution in [2.75, 3.05) is 28.8 Å². The lowest BCUT2D eigenvalue weighted by Crippen LogP contribution is -2.41. The van der Waals surface area contributed by atoms with Crippen LogP contribution in [0.25, 0.3) is 0 Å². The number of rotatable bonds is 8. The Morgan fingerprint density at radius 1 is 0.944 bits per heavy atom. The first kappa shape index (κ1) is 25.7. The molecule has 1 atom stereocenters. The molecule has 1 fully saturated rings. The van der Waals surface area contributed by atoms with E-state index < -0.39 is 28.3 Å². The Kier molecular flexibility index (Phi) is 7.94. The van der Waals surface area contributed by atoms with Crippen molar-refractivity contribution in [1.29, 1.82) is 0 Å². The fourth-order valence-corrected chi connectivity index (χ4v) is 5.81. The third-order valence-electron chi connectivity index (χ3n) is 6.50. The second-order valence-electron chi connectivity index (χ2n) is 9.23. The van der Waals surface area contributed by atoms with Gasteiger partial charge in [-0.2, -0.15) is 0 Å². The summed E-state index contributed by atoms with van der Waals surface area (Å²) in [5.74, 6) is -0.970. The highest BCUT2D eigenvalue weighted by atomic mass is 32.2. The smallest absolute Gasteiger partial charge is 0.264 e. The van der Waals surface area contributed by atoms with Crippen LogP contribution in [0.5, 0.6) is 0 Å². The Morgan fingerprint density at radius 3 is 2.17 bits per heavy atom. The van der Waals surface area contributed by atoms with Crippen molar-refractivity contribution >= 4 is 27.3 Å². The van der Waals surface area contributed by atoms with E-state index in [0.29, 0.717) is 5.69 Å². The van der Waals surface area contributed by atoms with Crippen molar-refractivity contribution in [1.82, 2.24) is 5.32 Å². The molecular formula is C28H32FN3O3S. The summed E-state index contributed by atoms with van der Waals surface area (Å²) in [6, 6.07) is 19.3. The van der Waals surface area contributed by atoms with E-state index in [1.165, 1.54) is 37.1 Å². The summed E-state index contributed by atoms with van der Waals surface area (Å²) >= 11 is 0. The molecule has 3 aromatic carbocycles. The topological polar surface area (TPSA) is 69.7 Å². The Morgan fingerprint density at radius 2 is 1.56 bits per heavy atom. The first-order valence-electron chi connectivity index (χ1n) is 12.2. The molecule has 4 rings (SSSR count). The molecule has 1 amide bonds. The van der Waals surface area contributed by atoms with E-state index in [1.54, 1.807) is 24.3 Å². The van der Waals surface area contributed by atoms with Crippen LogP contribution in [0.1, 0.15) is 43.4 Å². The highest BCUT2D eigenvalue weighted by Gasteiger charge is 2.28. The molecule has 1 aliphatic rings. The molecule has 1 unspecified atom stereocenters. The number of carbonyl (C=O) groups is 1. The van der Waals surface area contributed by atoms with E-state index in [4.69, 9.17) is 0 Å². The number of piperidine rings is 1. The van der Waals surface area contributed by atoms with Crippen LogP contribution < -0.4 is 14.5 Å². The minimum atomic E-state index is -4.10. The molecule has 190 valence electrons. The standard InChI is InChI=1S/C28H32FN3O3S/c1-21-6-12-26(13-7-21)32(36(34,35)27-16-10-24(29)11-17-27)20-28(33)30-22(2)23-8-14-25(15-9-23)31-18-4-3-5-19-31/h6-17,22H,3-5,18-20H2,1-2H3,(H,30,33). The first-order chi connectivity index (χ1) is 17.2. The van der Waals surface area contributed by atoms with Crippen molar-refractivity contribution in [3.8, 4) is 0 Å². The van der Waals surface area contributed by atoms with Crippen LogP contribution in [0.3, 0.4) is 0 Å². The van der Waals surface area contributed by atoms with E-state index in [1.807, 2.05) is 26.0 Å². The van der Waals surface area contributed by atoms with Gasteiger partial charge < -0.3 is 10.2 Å². The van der Waals surface area contributed by atoms with Crippen molar-refractivity contribution in [2.24, 2.45) is 0 Å². The molecular weight excluding hydrogens is 477 g/mol. The van der Waals surface area contributed by atoms with E-state index in [-0.39, 0.29) is 10.9 Å². The number of nitrogens with zero attached hydrogens (tertiary/aromatic N) is 2. The predicted octanol–water partition coefficient (Wildman–Crippen LogP) is 5.20. The zero-order valence-electron chi connectivity index (χ0n) is 20.7. The van der Waals surface area contributed by atoms with Crippen LogP contribution in [0.15, 0.2) is 77.7 Å². The van der Waals surface area contributed by atoms with Gasteiger partial charge in [0.2, 0.25) is 5.91 Å². The summed E-state index contributed by atoms with van der Waals surface area (Å²) < 4.78 is 41.3. The lowest BCUT2D eigenvalue weighted by atomic mass is 10.1. The Labute approximate surface area is 212 Å². The second kappa shape index (κ2) is 11.1. The lowest BCUT2D eigenvalue weighted by molar-refractivity contribution is -0.120. The average Bonchev–Trinajstić information content (AvgIpc) is 2.89. The van der Waals surface area contributed by atoms with Crippen LogP contribution in [-0.4, -0.2) is 34.0 Å². The third-order valence-corrected chi connectivity index (χ3v) is 8.29. The fourth-order valence-electron chi connectivity index (χ4n) is 4.39. The molecule has 36 heavy (non-hydrogen) atoms. The van der Waals surface area contributed by atoms with Crippen molar-refractivity contribution in [3.05, 3.63) is 89.7 Å². The zero-order chi connectivity index (χ0) is 25.7. The van der Waals surface area contributed by atoms with Gasteiger partial charge in [0.1, 0.15) is 12.4 Å². The molecule has 8 heteroatoms. The number of carbonyl (C=O) groups excluding carboxylic acids is 1. The van der Waals surface area contributed by atoms with Gasteiger partial charge in [0, 0.05) is 18.8 Å². The number of anilines is 2. The van der Waals surface area contributed by atoms with Crippen molar-refractivity contribution < 1.29 is 17.6 Å². The summed E-state index contributed by atoms with van der Waals surface area (Å²) in [5.41, 5.74) is 3.43. The average molecular weight is 510 g/mol. The maximum absolute atomic E-state index is 13.4. The Hall–Kier alpha value is -3.39. The van der Waals surface area contributed by atoms with Gasteiger partial charge >= 0.3 is 0 Å². The number of hydrogen-bond acceptors (Lipinski definition) is 4.